The van der Waals surface area contributed by atoms with Crippen LogP contribution in [0.2, 0.25) is 0 Å². The molecular formula is C18H25NO. The van der Waals surface area contributed by atoms with Gasteiger partial charge in [0.25, 0.3) is 0 Å². The van der Waals surface area contributed by atoms with Crippen molar-refractivity contribution in [2.75, 3.05) is 0 Å². The van der Waals surface area contributed by atoms with Gasteiger partial charge in [-0.05, 0) is 24.3 Å². The normalized spacial score (nSPS) is 19.1. The highest BCUT2D eigenvalue weighted by atomic mass is 16.1. The molecule has 0 heterocycles. The van der Waals surface area contributed by atoms with Crippen molar-refractivity contribution >= 4 is 12.0 Å². The zero-order chi connectivity index (χ0) is 14.4. The van der Waals surface area contributed by atoms with E-state index in [4.69, 9.17) is 4.99 Å². The van der Waals surface area contributed by atoms with E-state index in [2.05, 4.69) is 26.0 Å². The van der Waals surface area contributed by atoms with Crippen molar-refractivity contribution in [3.63, 3.8) is 0 Å². The molecule has 1 aliphatic carbocycles. The molecule has 1 unspecified atom stereocenters. The van der Waals surface area contributed by atoms with Crippen molar-refractivity contribution in [2.24, 2.45) is 16.8 Å². The molecule has 2 nitrogen and oxygen atoms in total. The molecule has 1 aliphatic rings. The molecule has 2 heteroatoms. The van der Waals surface area contributed by atoms with Crippen molar-refractivity contribution in [1.29, 1.82) is 0 Å². The van der Waals surface area contributed by atoms with Crippen LogP contribution in [-0.2, 0) is 4.79 Å². The Morgan fingerprint density at radius 1 is 1.15 bits per heavy atom. The number of hydrogen-bond acceptors (Lipinski definition) is 2. The molecule has 1 aromatic rings. The Hall–Kier alpha value is -1.44. The van der Waals surface area contributed by atoms with E-state index in [0.29, 0.717) is 6.04 Å². The van der Waals surface area contributed by atoms with Gasteiger partial charge in [0.1, 0.15) is 6.29 Å². The fourth-order valence-electron chi connectivity index (χ4n) is 2.91. The van der Waals surface area contributed by atoms with Gasteiger partial charge in [0.15, 0.2) is 0 Å². The predicted octanol–water partition coefficient (Wildman–Crippen LogP) is 4.28. The van der Waals surface area contributed by atoms with Crippen molar-refractivity contribution in [1.82, 2.24) is 0 Å². The van der Waals surface area contributed by atoms with Gasteiger partial charge in [-0.1, -0.05) is 63.4 Å². The molecule has 1 fully saturated rings. The summed E-state index contributed by atoms with van der Waals surface area (Å²) in [6.07, 6.45) is 7.26. The number of benzene rings is 1. The summed E-state index contributed by atoms with van der Waals surface area (Å²) in [6.45, 7) is 4.19. The van der Waals surface area contributed by atoms with Gasteiger partial charge < -0.3 is 4.79 Å². The van der Waals surface area contributed by atoms with Gasteiger partial charge in [0.05, 0.1) is 17.7 Å². The van der Waals surface area contributed by atoms with E-state index < -0.39 is 0 Å². The Balaban J connectivity index is 2.32. The second kappa shape index (κ2) is 7.37. The molecule has 2 rings (SSSR count). The molecule has 0 aliphatic heterocycles. The molecule has 0 radical (unpaired) electrons. The van der Waals surface area contributed by atoms with Crippen LogP contribution in [-0.4, -0.2) is 18.0 Å². The first-order valence-electron chi connectivity index (χ1n) is 7.80. The first kappa shape index (κ1) is 15.0. The monoisotopic (exact) mass is 271 g/mol. The second-order valence-electron chi connectivity index (χ2n) is 6.08. The van der Waals surface area contributed by atoms with Crippen LogP contribution >= 0.6 is 0 Å². The van der Waals surface area contributed by atoms with Gasteiger partial charge in [0.2, 0.25) is 0 Å². The zero-order valence-electron chi connectivity index (χ0n) is 12.6. The molecule has 108 valence electrons. The minimum Gasteiger partial charge on any atom is -0.303 e. The Morgan fingerprint density at radius 2 is 1.80 bits per heavy atom. The molecule has 0 saturated heterocycles. The Morgan fingerprint density at radius 3 is 2.35 bits per heavy atom. The van der Waals surface area contributed by atoms with Crippen LogP contribution < -0.4 is 0 Å². The number of aldehydes is 1. The molecule has 1 saturated carbocycles. The summed E-state index contributed by atoms with van der Waals surface area (Å²) in [5.74, 6) is 0.189. The minimum atomic E-state index is -0.0978. The van der Waals surface area contributed by atoms with E-state index in [-0.39, 0.29) is 11.8 Å². The Bertz CT molecular complexity index is 444. The Kier molecular flexibility index (Phi) is 5.51. The van der Waals surface area contributed by atoms with E-state index in [1.54, 1.807) is 0 Å². The molecule has 0 spiro atoms. The number of aliphatic imine (C=N–C) groups is 1. The van der Waals surface area contributed by atoms with Gasteiger partial charge in [0, 0.05) is 0 Å². The van der Waals surface area contributed by atoms with Gasteiger partial charge >= 0.3 is 0 Å². The zero-order valence-corrected chi connectivity index (χ0v) is 12.6. The quantitative estimate of drug-likeness (QED) is 0.580. The number of nitrogens with zero attached hydrogens (tertiary/aromatic N) is 1. The van der Waals surface area contributed by atoms with Gasteiger partial charge in [-0.2, -0.15) is 0 Å². The first-order chi connectivity index (χ1) is 9.72. The first-order valence-corrected chi connectivity index (χ1v) is 7.80. The van der Waals surface area contributed by atoms with Crippen LogP contribution in [0, 0.1) is 11.8 Å². The van der Waals surface area contributed by atoms with Gasteiger partial charge in [-0.15, -0.1) is 0 Å². The third kappa shape index (κ3) is 3.78. The number of carbonyl (C=O) groups is 1. The summed E-state index contributed by atoms with van der Waals surface area (Å²) in [5, 5.41) is 0. The van der Waals surface area contributed by atoms with Crippen LogP contribution in [0.5, 0.6) is 0 Å². The lowest BCUT2D eigenvalue weighted by atomic mass is 9.87. The van der Waals surface area contributed by atoms with Crippen LogP contribution in [0.25, 0.3) is 0 Å². The maximum Gasteiger partial charge on any atom is 0.129 e. The molecule has 1 aromatic carbocycles. The average molecular weight is 271 g/mol. The summed E-state index contributed by atoms with van der Waals surface area (Å²) in [4.78, 5) is 16.5. The SMILES string of the molecule is CC(C)C(C=O)C(=NC1CCCCC1)c1ccccc1. The van der Waals surface area contributed by atoms with Crippen molar-refractivity contribution < 1.29 is 4.79 Å². The topological polar surface area (TPSA) is 29.4 Å². The van der Waals surface area contributed by atoms with Crippen molar-refractivity contribution in [3.8, 4) is 0 Å². The summed E-state index contributed by atoms with van der Waals surface area (Å²) < 4.78 is 0. The maximum atomic E-state index is 11.5. The molecule has 0 bridgehead atoms. The van der Waals surface area contributed by atoms with E-state index in [1.807, 2.05) is 18.2 Å². The highest BCUT2D eigenvalue weighted by molar-refractivity contribution is 6.09. The molecule has 20 heavy (non-hydrogen) atoms. The predicted molar refractivity (Wildman–Crippen MR) is 84.2 cm³/mol. The molecular weight excluding hydrogens is 246 g/mol. The lowest BCUT2D eigenvalue weighted by molar-refractivity contribution is -0.110. The third-order valence-electron chi connectivity index (χ3n) is 4.15. The molecule has 0 N–H and O–H groups in total. The van der Waals surface area contributed by atoms with Crippen molar-refractivity contribution in [2.45, 2.75) is 52.0 Å². The van der Waals surface area contributed by atoms with E-state index in [9.17, 15) is 4.79 Å². The summed E-state index contributed by atoms with van der Waals surface area (Å²) in [5.41, 5.74) is 2.09. The minimum absolute atomic E-state index is 0.0978. The summed E-state index contributed by atoms with van der Waals surface area (Å²) in [6, 6.07) is 10.6. The smallest absolute Gasteiger partial charge is 0.129 e. The summed E-state index contributed by atoms with van der Waals surface area (Å²) >= 11 is 0. The average Bonchev–Trinajstić information content (AvgIpc) is 2.48. The van der Waals surface area contributed by atoms with Crippen LogP contribution in [0.1, 0.15) is 51.5 Å². The second-order valence-corrected chi connectivity index (χ2v) is 6.08. The van der Waals surface area contributed by atoms with Crippen LogP contribution in [0.3, 0.4) is 0 Å². The molecule has 0 amide bonds. The summed E-state index contributed by atoms with van der Waals surface area (Å²) in [7, 11) is 0. The van der Waals surface area contributed by atoms with E-state index in [1.165, 1.54) is 32.1 Å². The van der Waals surface area contributed by atoms with E-state index in [0.717, 1.165) is 17.6 Å². The van der Waals surface area contributed by atoms with E-state index >= 15 is 0 Å². The fraction of sp³-hybridized carbons (Fsp3) is 0.556. The lowest BCUT2D eigenvalue weighted by Gasteiger charge is -2.23. The molecule has 1 atom stereocenters. The standard InChI is InChI=1S/C18H25NO/c1-14(2)17(13-20)18(15-9-5-3-6-10-15)19-16-11-7-4-8-12-16/h3,5-6,9-10,13-14,16-17H,4,7-8,11-12H2,1-2H3. The highest BCUT2D eigenvalue weighted by Gasteiger charge is 2.23. The maximum absolute atomic E-state index is 11.5. The largest absolute Gasteiger partial charge is 0.303 e. The number of rotatable bonds is 5. The van der Waals surface area contributed by atoms with Gasteiger partial charge in [-0.25, -0.2) is 0 Å². The Labute approximate surface area is 122 Å². The molecule has 0 aromatic heterocycles. The van der Waals surface area contributed by atoms with Crippen LogP contribution in [0.4, 0.5) is 0 Å². The highest BCUT2D eigenvalue weighted by Crippen LogP contribution is 2.24. The fourth-order valence-corrected chi connectivity index (χ4v) is 2.91. The van der Waals surface area contributed by atoms with Crippen molar-refractivity contribution in [3.05, 3.63) is 35.9 Å². The lowest BCUT2D eigenvalue weighted by Crippen LogP contribution is -2.25. The number of carbonyl (C=O) groups excluding carboxylic acids is 1. The number of hydrogen-bond donors (Lipinski definition) is 0. The van der Waals surface area contributed by atoms with Crippen LogP contribution in [0.15, 0.2) is 35.3 Å². The van der Waals surface area contributed by atoms with Gasteiger partial charge in [-0.3, -0.25) is 4.99 Å². The third-order valence-corrected chi connectivity index (χ3v) is 4.15.